The van der Waals surface area contributed by atoms with Gasteiger partial charge in [0.05, 0.1) is 17.6 Å². The summed E-state index contributed by atoms with van der Waals surface area (Å²) < 4.78 is 8.04. The first-order chi connectivity index (χ1) is 10.3. The largest absolute Gasteiger partial charge is 0.492 e. The molecular weight excluding hydrogens is 260 g/mol. The zero-order valence-electron chi connectivity index (χ0n) is 12.5. The summed E-state index contributed by atoms with van der Waals surface area (Å²) in [7, 11) is 0. The molecule has 0 atom stereocenters. The molecule has 3 heteroatoms. The van der Waals surface area contributed by atoms with Gasteiger partial charge in [-0.25, -0.2) is 4.98 Å². The first-order valence-electron chi connectivity index (χ1n) is 7.41. The van der Waals surface area contributed by atoms with Gasteiger partial charge in [0.15, 0.2) is 0 Å². The van der Waals surface area contributed by atoms with E-state index >= 15 is 0 Å². The van der Waals surface area contributed by atoms with Gasteiger partial charge >= 0.3 is 0 Å². The Bertz CT molecular complexity index is 729. The van der Waals surface area contributed by atoms with E-state index in [1.165, 1.54) is 11.1 Å². The third-order valence-electron chi connectivity index (χ3n) is 3.76. The smallest absolute Gasteiger partial charge is 0.119 e. The molecule has 0 radical (unpaired) electrons. The van der Waals surface area contributed by atoms with Crippen molar-refractivity contribution in [3.63, 3.8) is 0 Å². The molecule has 0 amide bonds. The number of rotatable bonds is 5. The molecule has 0 aliphatic carbocycles. The third kappa shape index (κ3) is 2.92. The van der Waals surface area contributed by atoms with Crippen LogP contribution in [0.15, 0.2) is 48.5 Å². The van der Waals surface area contributed by atoms with Crippen LogP contribution in [-0.4, -0.2) is 16.2 Å². The molecule has 0 aliphatic rings. The van der Waals surface area contributed by atoms with Crippen LogP contribution in [0.2, 0.25) is 0 Å². The van der Waals surface area contributed by atoms with Crippen LogP contribution in [0.1, 0.15) is 18.3 Å². The van der Waals surface area contributed by atoms with Crippen molar-refractivity contribution in [3.05, 3.63) is 59.9 Å². The number of nitrogens with zero attached hydrogens (tertiary/aromatic N) is 2. The van der Waals surface area contributed by atoms with Gasteiger partial charge < -0.3 is 9.30 Å². The maximum absolute atomic E-state index is 5.83. The average Bonchev–Trinajstić information content (AvgIpc) is 2.84. The van der Waals surface area contributed by atoms with Gasteiger partial charge in [-0.05, 0) is 43.2 Å². The number of benzene rings is 2. The number of imidazole rings is 1. The van der Waals surface area contributed by atoms with Gasteiger partial charge in [0.1, 0.15) is 18.2 Å². The third-order valence-corrected chi connectivity index (χ3v) is 3.76. The first-order valence-corrected chi connectivity index (χ1v) is 7.41. The van der Waals surface area contributed by atoms with E-state index < -0.39 is 0 Å². The Hall–Kier alpha value is -2.29. The summed E-state index contributed by atoms with van der Waals surface area (Å²) in [6.45, 7) is 5.65. The number of hydrogen-bond acceptors (Lipinski definition) is 2. The number of aromatic nitrogens is 2. The van der Waals surface area contributed by atoms with Crippen LogP contribution in [0, 0.1) is 6.92 Å². The molecule has 3 nitrogen and oxygen atoms in total. The second-order valence-corrected chi connectivity index (χ2v) is 5.15. The summed E-state index contributed by atoms with van der Waals surface area (Å²) in [5.74, 6) is 1.95. The Balaban J connectivity index is 1.67. The van der Waals surface area contributed by atoms with Crippen LogP contribution in [-0.2, 0) is 13.0 Å². The second kappa shape index (κ2) is 6.00. The van der Waals surface area contributed by atoms with Crippen LogP contribution < -0.4 is 4.74 Å². The predicted octanol–water partition coefficient (Wildman–Crippen LogP) is 3.99. The molecule has 2 aromatic carbocycles. The molecule has 0 saturated heterocycles. The van der Waals surface area contributed by atoms with Crippen molar-refractivity contribution in [2.45, 2.75) is 26.8 Å². The van der Waals surface area contributed by atoms with Crippen LogP contribution >= 0.6 is 0 Å². The molecular formula is C18H20N2O. The molecule has 0 fully saturated rings. The highest BCUT2D eigenvalue weighted by atomic mass is 16.5. The minimum Gasteiger partial charge on any atom is -0.492 e. The normalized spacial score (nSPS) is 11.0. The average molecular weight is 280 g/mol. The monoisotopic (exact) mass is 280 g/mol. The van der Waals surface area contributed by atoms with E-state index in [-0.39, 0.29) is 0 Å². The molecule has 0 unspecified atom stereocenters. The number of para-hydroxylation sites is 2. The lowest BCUT2D eigenvalue weighted by atomic mass is 10.2. The van der Waals surface area contributed by atoms with Gasteiger partial charge in [0.25, 0.3) is 0 Å². The fourth-order valence-corrected chi connectivity index (χ4v) is 2.55. The van der Waals surface area contributed by atoms with E-state index in [1.807, 2.05) is 37.3 Å². The van der Waals surface area contributed by atoms with E-state index in [9.17, 15) is 0 Å². The number of hydrogen-bond donors (Lipinski definition) is 0. The van der Waals surface area contributed by atoms with Crippen LogP contribution in [0.4, 0.5) is 0 Å². The van der Waals surface area contributed by atoms with Gasteiger partial charge in [0, 0.05) is 0 Å². The summed E-state index contributed by atoms with van der Waals surface area (Å²) in [6.07, 6.45) is 1.06. The van der Waals surface area contributed by atoms with Gasteiger partial charge in [-0.15, -0.1) is 0 Å². The van der Waals surface area contributed by atoms with Crippen molar-refractivity contribution < 1.29 is 4.74 Å². The fourth-order valence-electron chi connectivity index (χ4n) is 2.55. The maximum atomic E-state index is 5.83. The van der Waals surface area contributed by atoms with Crippen LogP contribution in [0.3, 0.4) is 0 Å². The lowest BCUT2D eigenvalue weighted by molar-refractivity contribution is 0.299. The quantitative estimate of drug-likeness (QED) is 0.706. The Kier molecular flexibility index (Phi) is 3.91. The summed E-state index contributed by atoms with van der Waals surface area (Å²) in [4.78, 5) is 4.57. The summed E-state index contributed by atoms with van der Waals surface area (Å²) >= 11 is 0. The van der Waals surface area contributed by atoms with Gasteiger partial charge in [0.2, 0.25) is 0 Å². The molecule has 21 heavy (non-hydrogen) atoms. The van der Waals surface area contributed by atoms with Crippen molar-refractivity contribution >= 4 is 11.0 Å². The van der Waals surface area contributed by atoms with Gasteiger partial charge in [-0.1, -0.05) is 31.2 Å². The topological polar surface area (TPSA) is 27.1 Å². The van der Waals surface area contributed by atoms with Crippen molar-refractivity contribution in [1.82, 2.24) is 9.55 Å². The molecule has 0 bridgehead atoms. The zero-order valence-corrected chi connectivity index (χ0v) is 12.5. The fraction of sp³-hybridized carbons (Fsp3) is 0.278. The van der Waals surface area contributed by atoms with Gasteiger partial charge in [-0.3, -0.25) is 0 Å². The SMILES string of the molecule is CCc1ccc(OCCn2c(C)nc3ccccc32)cc1. The number of aryl methyl sites for hydroxylation is 2. The molecule has 0 N–H and O–H groups in total. The molecule has 3 aromatic rings. The minimum absolute atomic E-state index is 0.646. The standard InChI is InChI=1S/C18H20N2O/c1-3-15-8-10-16(11-9-15)21-13-12-20-14(2)19-17-6-4-5-7-18(17)20/h4-11H,3,12-13H2,1-2H3. The molecule has 0 spiro atoms. The number of ether oxygens (including phenoxy) is 1. The molecule has 1 aromatic heterocycles. The Morgan fingerprint density at radius 2 is 1.81 bits per heavy atom. The second-order valence-electron chi connectivity index (χ2n) is 5.15. The zero-order chi connectivity index (χ0) is 14.7. The lowest BCUT2D eigenvalue weighted by Gasteiger charge is -2.09. The minimum atomic E-state index is 0.646. The van der Waals surface area contributed by atoms with E-state index in [4.69, 9.17) is 4.74 Å². The highest BCUT2D eigenvalue weighted by molar-refractivity contribution is 5.75. The molecule has 108 valence electrons. The molecule has 1 heterocycles. The van der Waals surface area contributed by atoms with E-state index in [2.05, 4.69) is 34.7 Å². The van der Waals surface area contributed by atoms with Gasteiger partial charge in [-0.2, -0.15) is 0 Å². The Morgan fingerprint density at radius 3 is 2.57 bits per heavy atom. The summed E-state index contributed by atoms with van der Waals surface area (Å²) in [5.41, 5.74) is 3.54. The van der Waals surface area contributed by atoms with Crippen molar-refractivity contribution in [2.24, 2.45) is 0 Å². The maximum Gasteiger partial charge on any atom is 0.119 e. The Labute approximate surface area is 125 Å². The predicted molar refractivity (Wildman–Crippen MR) is 85.8 cm³/mol. The molecule has 0 aliphatic heterocycles. The van der Waals surface area contributed by atoms with E-state index in [0.29, 0.717) is 6.61 Å². The van der Waals surface area contributed by atoms with Crippen molar-refractivity contribution in [2.75, 3.05) is 6.61 Å². The summed E-state index contributed by atoms with van der Waals surface area (Å²) in [5, 5.41) is 0. The summed E-state index contributed by atoms with van der Waals surface area (Å²) in [6, 6.07) is 16.5. The number of fused-ring (bicyclic) bond motifs is 1. The van der Waals surface area contributed by atoms with Crippen molar-refractivity contribution in [3.8, 4) is 5.75 Å². The highest BCUT2D eigenvalue weighted by Crippen LogP contribution is 2.16. The lowest BCUT2D eigenvalue weighted by Crippen LogP contribution is -2.09. The first kappa shape index (κ1) is 13.7. The highest BCUT2D eigenvalue weighted by Gasteiger charge is 2.06. The molecule has 0 saturated carbocycles. The van der Waals surface area contributed by atoms with E-state index in [0.717, 1.165) is 30.1 Å². The van der Waals surface area contributed by atoms with Crippen LogP contribution in [0.5, 0.6) is 5.75 Å². The molecule has 3 rings (SSSR count). The van der Waals surface area contributed by atoms with Crippen molar-refractivity contribution in [1.29, 1.82) is 0 Å². The van der Waals surface area contributed by atoms with Crippen LogP contribution in [0.25, 0.3) is 11.0 Å². The Morgan fingerprint density at radius 1 is 1.05 bits per heavy atom. The van der Waals surface area contributed by atoms with E-state index in [1.54, 1.807) is 0 Å².